The van der Waals surface area contributed by atoms with Crippen LogP contribution in [0.5, 0.6) is 0 Å². The van der Waals surface area contributed by atoms with Gasteiger partial charge in [0.1, 0.15) is 0 Å². The van der Waals surface area contributed by atoms with Crippen LogP contribution in [0.3, 0.4) is 0 Å². The molecule has 0 bridgehead atoms. The second-order valence-corrected chi connectivity index (χ2v) is 13.8. The Balaban J connectivity index is 1.34. The van der Waals surface area contributed by atoms with Crippen molar-refractivity contribution in [2.24, 2.45) is 0 Å². The summed E-state index contributed by atoms with van der Waals surface area (Å²) in [4.78, 5) is 0. The Kier molecular flexibility index (Phi) is 19.0. The number of aryl methyl sites for hydroxylation is 2. The normalized spacial score (nSPS) is 17.1. The highest BCUT2D eigenvalue weighted by Crippen LogP contribution is 2.44. The molecule has 1 saturated carbocycles. The molecule has 1 fully saturated rings. The summed E-state index contributed by atoms with van der Waals surface area (Å²) in [6.45, 7) is 4.61. The summed E-state index contributed by atoms with van der Waals surface area (Å²) >= 11 is 0. The van der Waals surface area contributed by atoms with E-state index in [0.29, 0.717) is 11.8 Å². The number of unbranched alkanes of at least 4 members (excludes halogenated alkanes) is 18. The average Bonchev–Trinajstić information content (AvgIpc) is 3.03. The highest BCUT2D eigenvalue weighted by molar-refractivity contribution is 5.33. The van der Waals surface area contributed by atoms with Crippen LogP contribution in [0.2, 0.25) is 0 Å². The first kappa shape index (κ1) is 34.9. The van der Waals surface area contributed by atoms with Gasteiger partial charge in [-0.25, -0.2) is 0 Å². The van der Waals surface area contributed by atoms with Gasteiger partial charge >= 0.3 is 0 Å². The largest absolute Gasteiger partial charge is 0.0654 e. The smallest absolute Gasteiger partial charge is 0.00931 e. The summed E-state index contributed by atoms with van der Waals surface area (Å²) in [5.74, 6) is 1.39. The van der Waals surface area contributed by atoms with Crippen LogP contribution in [-0.4, -0.2) is 0 Å². The molecule has 2 unspecified atom stereocenters. The Morgan fingerprint density at radius 3 is 0.976 bits per heavy atom. The van der Waals surface area contributed by atoms with E-state index < -0.39 is 0 Å². The van der Waals surface area contributed by atoms with Gasteiger partial charge < -0.3 is 0 Å². The first-order valence-corrected chi connectivity index (χ1v) is 19.0. The van der Waals surface area contributed by atoms with Crippen LogP contribution in [0, 0.1) is 0 Å². The molecule has 0 amide bonds. The van der Waals surface area contributed by atoms with Crippen LogP contribution < -0.4 is 0 Å². The van der Waals surface area contributed by atoms with Crippen molar-refractivity contribution in [1.82, 2.24) is 0 Å². The zero-order chi connectivity index (χ0) is 29.5. The monoisotopic (exact) mass is 573 g/mol. The van der Waals surface area contributed by atoms with Gasteiger partial charge in [0, 0.05) is 0 Å². The molecule has 2 aromatic rings. The highest BCUT2D eigenvalue weighted by Gasteiger charge is 2.27. The lowest BCUT2D eigenvalue weighted by Crippen LogP contribution is -2.16. The summed E-state index contributed by atoms with van der Waals surface area (Å²) < 4.78 is 0. The first-order valence-electron chi connectivity index (χ1n) is 19.0. The lowest BCUT2D eigenvalue weighted by molar-refractivity contribution is 0.386. The third-order valence-corrected chi connectivity index (χ3v) is 10.2. The van der Waals surface area contributed by atoms with Gasteiger partial charge in [0.2, 0.25) is 0 Å². The Hall–Kier alpha value is -1.56. The van der Waals surface area contributed by atoms with E-state index in [1.54, 1.807) is 22.3 Å². The van der Waals surface area contributed by atoms with Crippen molar-refractivity contribution in [2.75, 3.05) is 0 Å². The minimum absolute atomic E-state index is 0.693. The van der Waals surface area contributed by atoms with E-state index in [1.807, 2.05) is 0 Å². The van der Waals surface area contributed by atoms with E-state index in [2.05, 4.69) is 62.4 Å². The molecule has 3 rings (SSSR count). The van der Waals surface area contributed by atoms with Crippen LogP contribution in [0.15, 0.2) is 48.5 Å². The maximum absolute atomic E-state index is 2.48. The van der Waals surface area contributed by atoms with Crippen molar-refractivity contribution >= 4 is 0 Å². The van der Waals surface area contributed by atoms with Gasteiger partial charge in [0.25, 0.3) is 0 Å². The molecule has 236 valence electrons. The summed E-state index contributed by atoms with van der Waals surface area (Å²) in [7, 11) is 0. The molecule has 0 aromatic heterocycles. The maximum atomic E-state index is 2.48. The van der Waals surface area contributed by atoms with E-state index in [1.165, 1.54) is 167 Å². The van der Waals surface area contributed by atoms with E-state index in [4.69, 9.17) is 0 Å². The molecule has 0 aliphatic heterocycles. The van der Waals surface area contributed by atoms with Crippen LogP contribution in [0.25, 0.3) is 0 Å². The minimum Gasteiger partial charge on any atom is -0.0654 e. The SMILES string of the molecule is CCCCCCCCCCCCc1ccc(C2CCCCC2c2ccc(CCCCCCCCCCCC)cc2)cc1. The van der Waals surface area contributed by atoms with Gasteiger partial charge in [-0.1, -0.05) is 191 Å². The Morgan fingerprint density at radius 2 is 0.667 bits per heavy atom. The second kappa shape index (κ2) is 22.9. The van der Waals surface area contributed by atoms with E-state index >= 15 is 0 Å². The highest BCUT2D eigenvalue weighted by atomic mass is 14.3. The third kappa shape index (κ3) is 14.3. The lowest BCUT2D eigenvalue weighted by Gasteiger charge is -2.32. The second-order valence-electron chi connectivity index (χ2n) is 13.8. The number of rotatable bonds is 24. The molecule has 1 aliphatic rings. The van der Waals surface area contributed by atoms with Crippen molar-refractivity contribution in [3.8, 4) is 0 Å². The quantitative estimate of drug-likeness (QED) is 0.110. The number of hydrogen-bond donors (Lipinski definition) is 0. The van der Waals surface area contributed by atoms with Crippen LogP contribution in [0.4, 0.5) is 0 Å². The van der Waals surface area contributed by atoms with Gasteiger partial charge in [-0.2, -0.15) is 0 Å². The molecule has 0 radical (unpaired) electrons. The van der Waals surface area contributed by atoms with Gasteiger partial charge in [-0.15, -0.1) is 0 Å². The lowest BCUT2D eigenvalue weighted by atomic mass is 9.72. The standard InChI is InChI=1S/C42H68/c1-3-5-7-9-11-13-15-17-19-21-25-37-29-33-39(34-30-37)41-27-23-24-28-42(41)40-35-31-38(32-36-40)26-22-20-18-16-14-12-10-8-6-4-2/h29-36,41-42H,3-28H2,1-2H3. The minimum atomic E-state index is 0.693. The van der Waals surface area contributed by atoms with Gasteiger partial charge in [-0.3, -0.25) is 0 Å². The van der Waals surface area contributed by atoms with Crippen molar-refractivity contribution < 1.29 is 0 Å². The summed E-state index contributed by atoms with van der Waals surface area (Å²) in [5.41, 5.74) is 6.26. The molecule has 0 spiro atoms. The Labute approximate surface area is 262 Å². The topological polar surface area (TPSA) is 0 Å². The van der Waals surface area contributed by atoms with Crippen molar-refractivity contribution in [2.45, 2.75) is 193 Å². The molecular weight excluding hydrogens is 504 g/mol. The van der Waals surface area contributed by atoms with Crippen LogP contribution in [0.1, 0.15) is 202 Å². The fraction of sp³-hybridized carbons (Fsp3) is 0.714. The molecule has 0 heterocycles. The maximum Gasteiger partial charge on any atom is -0.00931 e. The third-order valence-electron chi connectivity index (χ3n) is 10.2. The molecule has 0 saturated heterocycles. The average molecular weight is 573 g/mol. The molecule has 0 N–H and O–H groups in total. The summed E-state index contributed by atoms with van der Waals surface area (Å²) in [6.07, 6.45) is 36.4. The number of benzene rings is 2. The molecular formula is C42H68. The molecule has 1 aliphatic carbocycles. The first-order chi connectivity index (χ1) is 20.8. The van der Waals surface area contributed by atoms with Gasteiger partial charge in [-0.05, 0) is 72.6 Å². The zero-order valence-corrected chi connectivity index (χ0v) is 28.2. The van der Waals surface area contributed by atoms with Crippen molar-refractivity contribution in [3.63, 3.8) is 0 Å². The fourth-order valence-electron chi connectivity index (χ4n) is 7.42. The van der Waals surface area contributed by atoms with Crippen molar-refractivity contribution in [1.29, 1.82) is 0 Å². The van der Waals surface area contributed by atoms with E-state index in [-0.39, 0.29) is 0 Å². The van der Waals surface area contributed by atoms with Crippen molar-refractivity contribution in [3.05, 3.63) is 70.8 Å². The molecule has 0 heteroatoms. The van der Waals surface area contributed by atoms with Crippen LogP contribution >= 0.6 is 0 Å². The molecule has 0 nitrogen and oxygen atoms in total. The predicted molar refractivity (Wildman–Crippen MR) is 188 cm³/mol. The van der Waals surface area contributed by atoms with E-state index in [9.17, 15) is 0 Å². The summed E-state index contributed by atoms with van der Waals surface area (Å²) in [6, 6.07) is 19.7. The predicted octanol–water partition coefficient (Wildman–Crippen LogP) is 14.1. The Morgan fingerprint density at radius 1 is 0.381 bits per heavy atom. The van der Waals surface area contributed by atoms with Gasteiger partial charge in [0.15, 0.2) is 0 Å². The zero-order valence-electron chi connectivity index (χ0n) is 28.2. The molecule has 42 heavy (non-hydrogen) atoms. The fourth-order valence-corrected chi connectivity index (χ4v) is 7.42. The number of hydrogen-bond acceptors (Lipinski definition) is 0. The van der Waals surface area contributed by atoms with E-state index in [0.717, 1.165) is 0 Å². The van der Waals surface area contributed by atoms with Crippen LogP contribution in [-0.2, 0) is 12.8 Å². The Bertz CT molecular complexity index is 800. The molecule has 2 aromatic carbocycles. The van der Waals surface area contributed by atoms with Gasteiger partial charge in [0.05, 0.1) is 0 Å². The summed E-state index contributed by atoms with van der Waals surface area (Å²) in [5, 5.41) is 0. The molecule has 2 atom stereocenters.